The Morgan fingerprint density at radius 2 is 2.39 bits per heavy atom. The van der Waals surface area contributed by atoms with Crippen LogP contribution in [0.2, 0.25) is 0 Å². The van der Waals surface area contributed by atoms with Gasteiger partial charge in [-0.2, -0.15) is 0 Å². The molecule has 0 saturated carbocycles. The van der Waals surface area contributed by atoms with Crippen LogP contribution >= 0.6 is 0 Å². The van der Waals surface area contributed by atoms with Crippen molar-refractivity contribution in [1.82, 2.24) is 5.32 Å². The molecule has 1 aromatic carbocycles. The molecule has 0 aromatic heterocycles. The number of nitrogens with zero attached hydrogens (tertiary/aromatic N) is 1. The summed E-state index contributed by atoms with van der Waals surface area (Å²) in [5, 5.41) is 17.3. The van der Waals surface area contributed by atoms with Gasteiger partial charge in [0.05, 0.1) is 4.92 Å². The molecule has 0 spiro atoms. The fourth-order valence-electron chi connectivity index (χ4n) is 2.33. The number of hydrogen-bond donors (Lipinski definition) is 2. The monoisotopic (exact) mass is 249 g/mol. The van der Waals surface area contributed by atoms with Crippen molar-refractivity contribution >= 4 is 11.4 Å². The molecule has 2 N–H and O–H groups in total. The molecular weight excluding hydrogens is 230 g/mol. The van der Waals surface area contributed by atoms with Crippen LogP contribution in [0.1, 0.15) is 18.4 Å². The quantitative estimate of drug-likeness (QED) is 0.620. The fourth-order valence-corrected chi connectivity index (χ4v) is 2.33. The van der Waals surface area contributed by atoms with Crippen molar-refractivity contribution in [2.45, 2.75) is 19.8 Å². The number of nitro groups is 1. The predicted molar refractivity (Wildman–Crippen MR) is 71.9 cm³/mol. The Labute approximate surface area is 107 Å². The smallest absolute Gasteiger partial charge is 0.269 e. The van der Waals surface area contributed by atoms with Crippen LogP contribution in [-0.4, -0.2) is 24.6 Å². The summed E-state index contributed by atoms with van der Waals surface area (Å²) in [5.74, 6) is 0.760. The van der Waals surface area contributed by atoms with Crippen LogP contribution in [0.25, 0.3) is 0 Å². The third-order valence-electron chi connectivity index (χ3n) is 3.45. The van der Waals surface area contributed by atoms with E-state index in [4.69, 9.17) is 0 Å². The topological polar surface area (TPSA) is 67.2 Å². The van der Waals surface area contributed by atoms with E-state index in [9.17, 15) is 10.1 Å². The SMILES string of the molecule is Cc1cc([N+](=O)[O-])ccc1NCCC1CCNC1. The van der Waals surface area contributed by atoms with Crippen LogP contribution in [0.5, 0.6) is 0 Å². The van der Waals surface area contributed by atoms with Gasteiger partial charge in [0, 0.05) is 24.4 Å². The molecule has 1 saturated heterocycles. The number of nitrogens with one attached hydrogen (secondary N) is 2. The van der Waals surface area contributed by atoms with Gasteiger partial charge in [-0.25, -0.2) is 0 Å². The second-order valence-corrected chi connectivity index (χ2v) is 4.83. The van der Waals surface area contributed by atoms with Crippen LogP contribution in [-0.2, 0) is 0 Å². The van der Waals surface area contributed by atoms with Crippen molar-refractivity contribution in [3.63, 3.8) is 0 Å². The highest BCUT2D eigenvalue weighted by Gasteiger charge is 2.14. The maximum Gasteiger partial charge on any atom is 0.269 e. The summed E-state index contributed by atoms with van der Waals surface area (Å²) >= 11 is 0. The zero-order valence-electron chi connectivity index (χ0n) is 10.6. The van der Waals surface area contributed by atoms with E-state index in [1.165, 1.54) is 6.42 Å². The van der Waals surface area contributed by atoms with E-state index in [1.54, 1.807) is 18.2 Å². The Balaban J connectivity index is 1.87. The van der Waals surface area contributed by atoms with Gasteiger partial charge in [-0.1, -0.05) is 0 Å². The van der Waals surface area contributed by atoms with Gasteiger partial charge in [0.25, 0.3) is 5.69 Å². The van der Waals surface area contributed by atoms with E-state index in [0.29, 0.717) is 0 Å². The molecule has 1 heterocycles. The molecule has 2 rings (SSSR count). The highest BCUT2D eigenvalue weighted by atomic mass is 16.6. The number of benzene rings is 1. The van der Waals surface area contributed by atoms with Gasteiger partial charge in [0.1, 0.15) is 0 Å². The molecule has 0 radical (unpaired) electrons. The molecule has 5 heteroatoms. The van der Waals surface area contributed by atoms with Crippen molar-refractivity contribution < 1.29 is 4.92 Å². The molecule has 1 fully saturated rings. The predicted octanol–water partition coefficient (Wildman–Crippen LogP) is 2.31. The van der Waals surface area contributed by atoms with E-state index in [2.05, 4.69) is 10.6 Å². The van der Waals surface area contributed by atoms with E-state index in [0.717, 1.165) is 43.2 Å². The standard InChI is InChI=1S/C13H19N3O2/c1-10-8-12(16(17)18)2-3-13(10)15-7-5-11-4-6-14-9-11/h2-3,8,11,14-15H,4-7,9H2,1H3. The summed E-state index contributed by atoms with van der Waals surface area (Å²) in [6.45, 7) is 5.06. The first-order valence-corrected chi connectivity index (χ1v) is 6.36. The molecule has 1 aliphatic rings. The van der Waals surface area contributed by atoms with Crippen LogP contribution in [0, 0.1) is 23.0 Å². The highest BCUT2D eigenvalue weighted by molar-refractivity contribution is 5.55. The summed E-state index contributed by atoms with van der Waals surface area (Å²) in [5.41, 5.74) is 2.07. The Morgan fingerprint density at radius 3 is 3.00 bits per heavy atom. The summed E-state index contributed by atoms with van der Waals surface area (Å²) < 4.78 is 0. The first kappa shape index (κ1) is 12.8. The molecule has 0 bridgehead atoms. The van der Waals surface area contributed by atoms with E-state index < -0.39 is 0 Å². The van der Waals surface area contributed by atoms with Crippen molar-refractivity contribution in [2.75, 3.05) is 25.0 Å². The Morgan fingerprint density at radius 1 is 1.56 bits per heavy atom. The fraction of sp³-hybridized carbons (Fsp3) is 0.538. The molecule has 0 aliphatic carbocycles. The third-order valence-corrected chi connectivity index (χ3v) is 3.45. The minimum Gasteiger partial charge on any atom is -0.385 e. The first-order chi connectivity index (χ1) is 8.66. The maximum absolute atomic E-state index is 10.6. The van der Waals surface area contributed by atoms with Crippen LogP contribution in [0.3, 0.4) is 0 Å². The Hall–Kier alpha value is -1.62. The molecular formula is C13H19N3O2. The van der Waals surface area contributed by atoms with E-state index in [1.807, 2.05) is 6.92 Å². The third kappa shape index (κ3) is 3.20. The van der Waals surface area contributed by atoms with Crippen molar-refractivity contribution in [3.05, 3.63) is 33.9 Å². The molecule has 1 aliphatic heterocycles. The minimum absolute atomic E-state index is 0.151. The summed E-state index contributed by atoms with van der Waals surface area (Å²) in [6, 6.07) is 4.95. The first-order valence-electron chi connectivity index (χ1n) is 6.36. The lowest BCUT2D eigenvalue weighted by atomic mass is 10.1. The lowest BCUT2D eigenvalue weighted by Crippen LogP contribution is -2.13. The molecule has 1 aromatic rings. The number of hydrogen-bond acceptors (Lipinski definition) is 4. The molecule has 1 unspecified atom stereocenters. The van der Waals surface area contributed by atoms with Gasteiger partial charge in [0.15, 0.2) is 0 Å². The molecule has 1 atom stereocenters. The van der Waals surface area contributed by atoms with Crippen molar-refractivity contribution in [3.8, 4) is 0 Å². The average Bonchev–Trinajstić information content (AvgIpc) is 2.84. The van der Waals surface area contributed by atoms with Crippen molar-refractivity contribution in [1.29, 1.82) is 0 Å². The lowest BCUT2D eigenvalue weighted by molar-refractivity contribution is -0.384. The normalized spacial score (nSPS) is 18.8. The molecule has 0 amide bonds. The number of nitro benzene ring substituents is 1. The maximum atomic E-state index is 10.6. The van der Waals surface area contributed by atoms with Crippen LogP contribution in [0.15, 0.2) is 18.2 Å². The lowest BCUT2D eigenvalue weighted by Gasteiger charge is -2.12. The number of non-ortho nitro benzene ring substituents is 1. The van der Waals surface area contributed by atoms with E-state index >= 15 is 0 Å². The van der Waals surface area contributed by atoms with Gasteiger partial charge in [-0.3, -0.25) is 10.1 Å². The zero-order chi connectivity index (χ0) is 13.0. The number of rotatable bonds is 5. The van der Waals surface area contributed by atoms with Gasteiger partial charge in [-0.15, -0.1) is 0 Å². The van der Waals surface area contributed by atoms with Gasteiger partial charge in [-0.05, 0) is 50.4 Å². The minimum atomic E-state index is -0.360. The molecule has 98 valence electrons. The molecule has 5 nitrogen and oxygen atoms in total. The van der Waals surface area contributed by atoms with Gasteiger partial charge < -0.3 is 10.6 Å². The van der Waals surface area contributed by atoms with Gasteiger partial charge in [0.2, 0.25) is 0 Å². The van der Waals surface area contributed by atoms with E-state index in [-0.39, 0.29) is 10.6 Å². The summed E-state index contributed by atoms with van der Waals surface area (Å²) in [4.78, 5) is 10.3. The number of aryl methyl sites for hydroxylation is 1. The van der Waals surface area contributed by atoms with Crippen LogP contribution in [0.4, 0.5) is 11.4 Å². The van der Waals surface area contributed by atoms with Gasteiger partial charge >= 0.3 is 0 Å². The average molecular weight is 249 g/mol. The Bertz CT molecular complexity index is 428. The second kappa shape index (κ2) is 5.82. The van der Waals surface area contributed by atoms with Crippen molar-refractivity contribution in [2.24, 2.45) is 5.92 Å². The molecule has 18 heavy (non-hydrogen) atoms. The summed E-state index contributed by atoms with van der Waals surface area (Å²) in [7, 11) is 0. The second-order valence-electron chi connectivity index (χ2n) is 4.83. The number of anilines is 1. The zero-order valence-corrected chi connectivity index (χ0v) is 10.6. The largest absolute Gasteiger partial charge is 0.385 e. The summed E-state index contributed by atoms with van der Waals surface area (Å²) in [6.07, 6.45) is 2.39. The van der Waals surface area contributed by atoms with Crippen LogP contribution < -0.4 is 10.6 Å². The highest BCUT2D eigenvalue weighted by Crippen LogP contribution is 2.21. The Kier molecular flexibility index (Phi) is 4.15.